The number of carbonyl (C=O) groups is 1. The van der Waals surface area contributed by atoms with E-state index in [9.17, 15) is 13.2 Å². The molecule has 4 rings (SSSR count). The second-order valence-electron chi connectivity index (χ2n) is 6.62. The third-order valence-electron chi connectivity index (χ3n) is 4.39. The third-order valence-corrected chi connectivity index (χ3v) is 6.58. The number of aromatic nitrogens is 1. The average molecular weight is 470 g/mol. The topological polar surface area (TPSA) is 111 Å². The number of hydrogen-bond donors (Lipinski definition) is 2. The molecule has 0 unspecified atom stereocenters. The van der Waals surface area contributed by atoms with Gasteiger partial charge in [0.1, 0.15) is 11.3 Å². The van der Waals surface area contributed by atoms with Gasteiger partial charge >= 0.3 is 0 Å². The number of thioether (sulfide) groups is 1. The number of ether oxygens (including phenoxy) is 1. The first-order valence-corrected chi connectivity index (χ1v) is 12.0. The summed E-state index contributed by atoms with van der Waals surface area (Å²) in [7, 11) is -2.40. The second-order valence-corrected chi connectivity index (χ2v) is 9.23. The van der Waals surface area contributed by atoms with Crippen molar-refractivity contribution in [2.45, 2.75) is 10.1 Å². The lowest BCUT2D eigenvalue weighted by Crippen LogP contribution is -2.13. The van der Waals surface area contributed by atoms with E-state index < -0.39 is 10.0 Å². The second kappa shape index (κ2) is 9.33. The van der Waals surface area contributed by atoms with E-state index in [1.54, 1.807) is 36.4 Å². The molecular weight excluding hydrogens is 450 g/mol. The van der Waals surface area contributed by atoms with Crippen LogP contribution in [0.2, 0.25) is 0 Å². The number of benzene rings is 3. The van der Waals surface area contributed by atoms with Crippen LogP contribution in [-0.4, -0.2) is 32.2 Å². The van der Waals surface area contributed by atoms with Gasteiger partial charge in [0.15, 0.2) is 5.58 Å². The van der Waals surface area contributed by atoms with Crippen LogP contribution < -0.4 is 14.8 Å². The van der Waals surface area contributed by atoms with Gasteiger partial charge in [0.2, 0.25) is 5.91 Å². The maximum atomic E-state index is 12.8. The van der Waals surface area contributed by atoms with E-state index in [2.05, 4.69) is 15.0 Å². The summed E-state index contributed by atoms with van der Waals surface area (Å²) in [5.74, 6) is 0.307. The highest BCUT2D eigenvalue weighted by Gasteiger charge is 2.19. The van der Waals surface area contributed by atoms with Crippen molar-refractivity contribution in [2.75, 3.05) is 22.9 Å². The first kappa shape index (κ1) is 21.7. The minimum absolute atomic E-state index is 0.0302. The number of hydrogen-bond acceptors (Lipinski definition) is 7. The highest BCUT2D eigenvalue weighted by Crippen LogP contribution is 2.29. The summed E-state index contributed by atoms with van der Waals surface area (Å²) in [5.41, 5.74) is 1.83. The maximum Gasteiger partial charge on any atom is 0.262 e. The van der Waals surface area contributed by atoms with Gasteiger partial charge in [-0.3, -0.25) is 9.52 Å². The molecule has 1 aromatic heterocycles. The third kappa shape index (κ3) is 5.04. The van der Waals surface area contributed by atoms with Crippen LogP contribution in [0.25, 0.3) is 11.1 Å². The van der Waals surface area contributed by atoms with Gasteiger partial charge in [0.25, 0.3) is 15.2 Å². The van der Waals surface area contributed by atoms with Crippen LogP contribution in [0.5, 0.6) is 5.75 Å². The fourth-order valence-corrected chi connectivity index (χ4v) is 4.62. The molecule has 0 saturated heterocycles. The smallest absolute Gasteiger partial charge is 0.262 e. The number of fused-ring (bicyclic) bond motifs is 1. The molecule has 0 bridgehead atoms. The number of oxazole rings is 1. The Morgan fingerprint density at radius 1 is 1.06 bits per heavy atom. The summed E-state index contributed by atoms with van der Waals surface area (Å²) in [6, 6.07) is 20.2. The highest BCUT2D eigenvalue weighted by molar-refractivity contribution is 7.99. The largest absolute Gasteiger partial charge is 0.495 e. The minimum atomic E-state index is -3.87. The molecule has 0 aliphatic heterocycles. The molecule has 0 radical (unpaired) electrons. The molecule has 10 heteroatoms. The molecule has 1 heterocycles. The van der Waals surface area contributed by atoms with Crippen molar-refractivity contribution >= 4 is 50.2 Å². The van der Waals surface area contributed by atoms with E-state index in [0.29, 0.717) is 28.2 Å². The average Bonchev–Trinajstić information content (AvgIpc) is 3.21. The summed E-state index contributed by atoms with van der Waals surface area (Å²) in [5, 5.41) is 3.05. The Labute approximate surface area is 189 Å². The Morgan fingerprint density at radius 3 is 2.59 bits per heavy atom. The van der Waals surface area contributed by atoms with Gasteiger partial charge in [-0.15, -0.1) is 0 Å². The van der Waals surface area contributed by atoms with E-state index in [0.717, 1.165) is 11.8 Å². The van der Waals surface area contributed by atoms with Gasteiger partial charge in [-0.05, 0) is 42.5 Å². The van der Waals surface area contributed by atoms with E-state index in [1.807, 2.05) is 18.2 Å². The minimum Gasteiger partial charge on any atom is -0.495 e. The summed E-state index contributed by atoms with van der Waals surface area (Å²) in [6.07, 6.45) is 0. The zero-order valence-corrected chi connectivity index (χ0v) is 18.6. The molecule has 32 heavy (non-hydrogen) atoms. The van der Waals surface area contributed by atoms with E-state index in [1.165, 1.54) is 25.3 Å². The van der Waals surface area contributed by atoms with Crippen LogP contribution in [0.4, 0.5) is 11.4 Å². The maximum absolute atomic E-state index is 12.8. The van der Waals surface area contributed by atoms with E-state index >= 15 is 0 Å². The van der Waals surface area contributed by atoms with Crippen LogP contribution in [-0.2, 0) is 14.8 Å². The van der Waals surface area contributed by atoms with Crippen molar-refractivity contribution in [2.24, 2.45) is 0 Å². The molecule has 0 atom stereocenters. The fourth-order valence-electron chi connectivity index (χ4n) is 2.89. The van der Waals surface area contributed by atoms with Gasteiger partial charge in [0.05, 0.1) is 23.4 Å². The van der Waals surface area contributed by atoms with Gasteiger partial charge < -0.3 is 14.5 Å². The Balaban J connectivity index is 1.47. The monoisotopic (exact) mass is 469 g/mol. The van der Waals surface area contributed by atoms with Crippen molar-refractivity contribution in [3.63, 3.8) is 0 Å². The molecule has 0 aliphatic rings. The van der Waals surface area contributed by atoms with Crippen LogP contribution in [0.1, 0.15) is 0 Å². The lowest BCUT2D eigenvalue weighted by molar-refractivity contribution is -0.113. The quantitative estimate of drug-likeness (QED) is 0.369. The first-order chi connectivity index (χ1) is 15.4. The van der Waals surface area contributed by atoms with Crippen molar-refractivity contribution < 1.29 is 22.4 Å². The number of nitrogens with one attached hydrogen (secondary N) is 2. The van der Waals surface area contributed by atoms with Gasteiger partial charge in [-0.25, -0.2) is 13.4 Å². The van der Waals surface area contributed by atoms with Gasteiger partial charge in [0, 0.05) is 5.69 Å². The zero-order valence-electron chi connectivity index (χ0n) is 16.9. The van der Waals surface area contributed by atoms with Crippen molar-refractivity contribution in [3.05, 3.63) is 72.8 Å². The number of anilines is 2. The normalized spacial score (nSPS) is 11.3. The summed E-state index contributed by atoms with van der Waals surface area (Å²) < 4.78 is 39.0. The molecule has 0 spiro atoms. The molecule has 1 amide bonds. The summed E-state index contributed by atoms with van der Waals surface area (Å²) in [4.78, 5) is 16.4. The molecule has 3 aromatic carbocycles. The Kier molecular flexibility index (Phi) is 6.33. The number of para-hydroxylation sites is 3. The molecular formula is C22H19N3O5S2. The van der Waals surface area contributed by atoms with Crippen LogP contribution >= 0.6 is 11.8 Å². The predicted octanol–water partition coefficient (Wildman–Crippen LogP) is 4.37. The SMILES string of the molecule is COc1ccccc1NS(=O)(=O)c1ccc2oc(SCC(=O)Nc3ccccc3)nc2c1. The van der Waals surface area contributed by atoms with Gasteiger partial charge in [-0.2, -0.15) is 0 Å². The number of amides is 1. The zero-order chi connectivity index (χ0) is 22.6. The number of sulfonamides is 1. The number of methoxy groups -OCH3 is 1. The molecule has 8 nitrogen and oxygen atoms in total. The van der Waals surface area contributed by atoms with E-state index in [4.69, 9.17) is 9.15 Å². The van der Waals surface area contributed by atoms with Crippen LogP contribution in [0.3, 0.4) is 0 Å². The van der Waals surface area contributed by atoms with E-state index in [-0.39, 0.29) is 21.8 Å². The number of carbonyl (C=O) groups excluding carboxylic acids is 1. The standard InChI is InChI=1S/C22H19N3O5S2/c1-29-19-10-6-5-9-17(19)25-32(27,28)16-11-12-20-18(13-16)24-22(30-20)31-14-21(26)23-15-7-3-2-4-8-15/h2-13,25H,14H2,1H3,(H,23,26). The van der Waals surface area contributed by atoms with Crippen molar-refractivity contribution in [3.8, 4) is 5.75 Å². The Hall–Kier alpha value is -3.50. The highest BCUT2D eigenvalue weighted by atomic mass is 32.2. The first-order valence-electron chi connectivity index (χ1n) is 9.49. The molecule has 0 fully saturated rings. The molecule has 2 N–H and O–H groups in total. The van der Waals surface area contributed by atoms with Crippen LogP contribution in [0, 0.1) is 0 Å². The fraction of sp³-hybridized carbons (Fsp3) is 0.0909. The lowest BCUT2D eigenvalue weighted by atomic mass is 10.3. The Bertz CT molecular complexity index is 1350. The molecule has 164 valence electrons. The Morgan fingerprint density at radius 2 is 1.81 bits per heavy atom. The molecule has 0 saturated carbocycles. The van der Waals surface area contributed by atoms with Crippen molar-refractivity contribution in [1.82, 2.24) is 4.98 Å². The van der Waals surface area contributed by atoms with Gasteiger partial charge in [-0.1, -0.05) is 42.1 Å². The number of rotatable bonds is 8. The molecule has 0 aliphatic carbocycles. The van der Waals surface area contributed by atoms with Crippen molar-refractivity contribution in [1.29, 1.82) is 0 Å². The summed E-state index contributed by atoms with van der Waals surface area (Å²) >= 11 is 1.12. The molecule has 4 aromatic rings. The van der Waals surface area contributed by atoms with Crippen LogP contribution in [0.15, 0.2) is 87.3 Å². The predicted molar refractivity (Wildman–Crippen MR) is 124 cm³/mol. The summed E-state index contributed by atoms with van der Waals surface area (Å²) in [6.45, 7) is 0. The number of nitrogens with zero attached hydrogens (tertiary/aromatic N) is 1. The lowest BCUT2D eigenvalue weighted by Gasteiger charge is -2.11.